The third-order valence-corrected chi connectivity index (χ3v) is 5.03. The van der Waals surface area contributed by atoms with Crippen molar-refractivity contribution in [2.45, 2.75) is 17.9 Å². The Morgan fingerprint density at radius 1 is 1.16 bits per heavy atom. The van der Waals surface area contributed by atoms with Gasteiger partial charge in [0.2, 0.25) is 0 Å². The van der Waals surface area contributed by atoms with E-state index in [1.807, 2.05) is 31.2 Å². The van der Waals surface area contributed by atoms with Gasteiger partial charge in [-0.05, 0) is 30.7 Å². The average Bonchev–Trinajstić information content (AvgIpc) is 2.58. The van der Waals surface area contributed by atoms with Crippen LogP contribution in [0.2, 0.25) is 0 Å². The Kier molecular flexibility index (Phi) is 4.69. The Balaban J connectivity index is 1.88. The van der Waals surface area contributed by atoms with E-state index in [2.05, 4.69) is 15.3 Å². The van der Waals surface area contributed by atoms with Gasteiger partial charge in [-0.1, -0.05) is 29.8 Å². The van der Waals surface area contributed by atoms with Crippen LogP contribution in [-0.4, -0.2) is 36.3 Å². The maximum Gasteiger partial charge on any atom is 0.175 e. The lowest BCUT2D eigenvalue weighted by Crippen LogP contribution is -2.13. The van der Waals surface area contributed by atoms with Crippen molar-refractivity contribution in [3.8, 4) is 0 Å². The molecule has 0 saturated heterocycles. The topological polar surface area (TPSA) is 92.2 Å². The molecule has 130 valence electrons. The Labute approximate surface area is 146 Å². The number of hydrogen-bond acceptors (Lipinski definition) is 6. The van der Waals surface area contributed by atoms with Gasteiger partial charge in [-0.15, -0.1) is 0 Å². The summed E-state index contributed by atoms with van der Waals surface area (Å²) in [7, 11) is -3.32. The van der Waals surface area contributed by atoms with Crippen molar-refractivity contribution in [3.05, 3.63) is 59.9 Å². The van der Waals surface area contributed by atoms with Crippen LogP contribution in [0, 0.1) is 6.92 Å². The molecule has 0 spiro atoms. The molecule has 0 radical (unpaired) electrons. The maximum atomic E-state index is 11.8. The fraction of sp³-hybridized carbons (Fsp3) is 0.222. The number of aliphatic hydroxyl groups is 1. The van der Waals surface area contributed by atoms with Gasteiger partial charge in [0.1, 0.15) is 12.1 Å². The summed E-state index contributed by atoms with van der Waals surface area (Å²) in [5.41, 5.74) is 2.51. The van der Waals surface area contributed by atoms with E-state index in [0.29, 0.717) is 16.7 Å². The molecule has 0 fully saturated rings. The zero-order valence-corrected chi connectivity index (χ0v) is 14.8. The molecular weight excluding hydrogens is 338 g/mol. The molecule has 7 heteroatoms. The minimum absolute atomic E-state index is 0.206. The smallest absolute Gasteiger partial charge is 0.175 e. The number of anilines is 1. The van der Waals surface area contributed by atoms with Gasteiger partial charge in [0.25, 0.3) is 0 Å². The fourth-order valence-electron chi connectivity index (χ4n) is 2.60. The Morgan fingerprint density at radius 2 is 1.96 bits per heavy atom. The average molecular weight is 357 g/mol. The number of aromatic nitrogens is 2. The van der Waals surface area contributed by atoms with E-state index in [1.54, 1.807) is 12.1 Å². The second-order valence-electron chi connectivity index (χ2n) is 5.98. The van der Waals surface area contributed by atoms with Crippen LogP contribution in [0.25, 0.3) is 10.9 Å². The molecule has 1 atom stereocenters. The minimum atomic E-state index is -3.32. The van der Waals surface area contributed by atoms with Gasteiger partial charge < -0.3 is 10.4 Å². The standard InChI is InChI=1S/C18H19N3O3S/c1-12-4-3-5-13(8-12)17(22)10-19-18-15-9-14(25(2,23)24)6-7-16(15)20-11-21-18/h3-9,11,17,22H,10H2,1-2H3,(H,19,20,21)/t17-/m1/s1. The van der Waals surface area contributed by atoms with Crippen LogP contribution in [0.5, 0.6) is 0 Å². The highest BCUT2D eigenvalue weighted by atomic mass is 32.2. The molecule has 0 aliphatic carbocycles. The first-order chi connectivity index (χ1) is 11.8. The van der Waals surface area contributed by atoms with Gasteiger partial charge in [-0.3, -0.25) is 0 Å². The molecule has 2 aromatic carbocycles. The summed E-state index contributed by atoms with van der Waals surface area (Å²) >= 11 is 0. The number of rotatable bonds is 5. The molecule has 6 nitrogen and oxygen atoms in total. The first-order valence-electron chi connectivity index (χ1n) is 7.78. The summed E-state index contributed by atoms with van der Waals surface area (Å²) in [6, 6.07) is 12.4. The molecule has 25 heavy (non-hydrogen) atoms. The van der Waals surface area contributed by atoms with Gasteiger partial charge in [-0.2, -0.15) is 0 Å². The van der Waals surface area contributed by atoms with Crippen molar-refractivity contribution in [2.24, 2.45) is 0 Å². The van der Waals surface area contributed by atoms with Crippen molar-refractivity contribution >= 4 is 26.6 Å². The summed E-state index contributed by atoms with van der Waals surface area (Å²) in [6.45, 7) is 2.22. The molecule has 3 rings (SSSR count). The minimum Gasteiger partial charge on any atom is -0.387 e. The van der Waals surface area contributed by atoms with Crippen molar-refractivity contribution in [1.82, 2.24) is 9.97 Å². The molecule has 0 unspecified atom stereocenters. The van der Waals surface area contributed by atoms with Gasteiger partial charge in [-0.25, -0.2) is 18.4 Å². The molecule has 2 N–H and O–H groups in total. The number of sulfone groups is 1. The number of aliphatic hydroxyl groups excluding tert-OH is 1. The molecular formula is C18H19N3O3S. The van der Waals surface area contributed by atoms with Crippen LogP contribution < -0.4 is 5.32 Å². The predicted molar refractivity (Wildman–Crippen MR) is 97.3 cm³/mol. The van der Waals surface area contributed by atoms with Gasteiger partial charge in [0, 0.05) is 18.2 Å². The van der Waals surface area contributed by atoms with Crippen LogP contribution in [0.4, 0.5) is 5.82 Å². The van der Waals surface area contributed by atoms with E-state index in [9.17, 15) is 13.5 Å². The Morgan fingerprint density at radius 3 is 2.68 bits per heavy atom. The molecule has 3 aromatic rings. The highest BCUT2D eigenvalue weighted by molar-refractivity contribution is 7.90. The van der Waals surface area contributed by atoms with Crippen molar-refractivity contribution in [1.29, 1.82) is 0 Å². The number of nitrogens with zero attached hydrogens (tertiary/aromatic N) is 2. The summed E-state index contributed by atoms with van der Waals surface area (Å²) in [6.07, 6.45) is 1.86. The molecule has 0 bridgehead atoms. The maximum absolute atomic E-state index is 11.8. The van der Waals surface area contributed by atoms with Crippen LogP contribution >= 0.6 is 0 Å². The van der Waals surface area contributed by atoms with E-state index in [0.717, 1.165) is 17.4 Å². The largest absolute Gasteiger partial charge is 0.387 e. The molecule has 1 heterocycles. The highest BCUT2D eigenvalue weighted by Crippen LogP contribution is 2.24. The van der Waals surface area contributed by atoms with Crippen molar-refractivity contribution in [3.63, 3.8) is 0 Å². The van der Waals surface area contributed by atoms with Crippen LogP contribution in [-0.2, 0) is 9.84 Å². The van der Waals surface area contributed by atoms with Crippen LogP contribution in [0.15, 0.2) is 53.7 Å². The summed E-state index contributed by atoms with van der Waals surface area (Å²) in [5.74, 6) is 0.488. The van der Waals surface area contributed by atoms with Crippen LogP contribution in [0.3, 0.4) is 0 Å². The van der Waals surface area contributed by atoms with Crippen molar-refractivity contribution in [2.75, 3.05) is 18.1 Å². The van der Waals surface area contributed by atoms with Gasteiger partial charge in [0.15, 0.2) is 9.84 Å². The van der Waals surface area contributed by atoms with E-state index in [1.165, 1.54) is 12.4 Å². The normalized spacial score (nSPS) is 12.9. The summed E-state index contributed by atoms with van der Waals surface area (Å²) < 4.78 is 23.5. The first-order valence-corrected chi connectivity index (χ1v) is 9.67. The molecule has 1 aromatic heterocycles. The van der Waals surface area contributed by atoms with E-state index >= 15 is 0 Å². The zero-order chi connectivity index (χ0) is 18.0. The highest BCUT2D eigenvalue weighted by Gasteiger charge is 2.13. The van der Waals surface area contributed by atoms with E-state index < -0.39 is 15.9 Å². The Hall–Kier alpha value is -2.51. The van der Waals surface area contributed by atoms with Gasteiger partial charge in [0.05, 0.1) is 16.5 Å². The number of hydrogen-bond donors (Lipinski definition) is 2. The number of benzene rings is 2. The molecule has 0 amide bonds. The van der Waals surface area contributed by atoms with Gasteiger partial charge >= 0.3 is 0 Å². The van der Waals surface area contributed by atoms with E-state index in [4.69, 9.17) is 0 Å². The molecule has 0 aliphatic rings. The quantitative estimate of drug-likeness (QED) is 0.729. The third-order valence-electron chi connectivity index (χ3n) is 3.92. The van der Waals surface area contributed by atoms with Crippen molar-refractivity contribution < 1.29 is 13.5 Å². The molecule has 0 aliphatic heterocycles. The second kappa shape index (κ2) is 6.78. The Bertz CT molecular complexity index is 1020. The summed E-state index contributed by atoms with van der Waals surface area (Å²) in [5, 5.41) is 14.0. The number of fused-ring (bicyclic) bond motifs is 1. The SMILES string of the molecule is Cc1cccc([C@H](O)CNc2ncnc3ccc(S(C)(=O)=O)cc23)c1. The third kappa shape index (κ3) is 3.94. The lowest BCUT2D eigenvalue weighted by Gasteiger charge is -2.14. The predicted octanol–water partition coefficient (Wildman–Crippen LogP) is 2.49. The van der Waals surface area contributed by atoms with Crippen LogP contribution in [0.1, 0.15) is 17.2 Å². The second-order valence-corrected chi connectivity index (χ2v) is 8.00. The number of nitrogens with one attached hydrogen (secondary N) is 1. The monoisotopic (exact) mass is 357 g/mol. The zero-order valence-electron chi connectivity index (χ0n) is 14.0. The lowest BCUT2D eigenvalue weighted by molar-refractivity contribution is 0.191. The summed E-state index contributed by atoms with van der Waals surface area (Å²) in [4.78, 5) is 8.54. The first kappa shape index (κ1) is 17.3. The fourth-order valence-corrected chi connectivity index (χ4v) is 3.24. The number of aryl methyl sites for hydroxylation is 1. The molecule has 0 saturated carbocycles. The van der Waals surface area contributed by atoms with E-state index in [-0.39, 0.29) is 11.4 Å². The lowest BCUT2D eigenvalue weighted by atomic mass is 10.1.